The number of amides is 1. The highest BCUT2D eigenvalue weighted by molar-refractivity contribution is 7.88. The van der Waals surface area contributed by atoms with Gasteiger partial charge in [0.25, 0.3) is 0 Å². The van der Waals surface area contributed by atoms with E-state index < -0.39 is 10.0 Å². The average molecular weight is 442 g/mol. The van der Waals surface area contributed by atoms with Crippen molar-refractivity contribution in [2.24, 2.45) is 0 Å². The fraction of sp³-hybridized carbons (Fsp3) is 0.800. The molecule has 3 heterocycles. The highest BCUT2D eigenvalue weighted by Gasteiger charge is 2.34. The van der Waals surface area contributed by atoms with Crippen LogP contribution in [-0.2, 0) is 26.1 Å². The van der Waals surface area contributed by atoms with Crippen molar-refractivity contribution in [3.05, 3.63) is 17.5 Å². The summed E-state index contributed by atoms with van der Waals surface area (Å²) in [6, 6.07) is 1.86. The van der Waals surface area contributed by atoms with Crippen molar-refractivity contribution in [3.63, 3.8) is 0 Å². The maximum absolute atomic E-state index is 12.7. The van der Waals surface area contributed by atoms with Gasteiger partial charge in [-0.05, 0) is 39.3 Å². The number of morpholine rings is 1. The Morgan fingerprint density at radius 3 is 2.60 bits per heavy atom. The van der Waals surface area contributed by atoms with Gasteiger partial charge in [-0.2, -0.15) is 9.40 Å². The molecular weight excluding hydrogens is 406 g/mol. The molecule has 10 heteroatoms. The monoisotopic (exact) mass is 441 g/mol. The van der Waals surface area contributed by atoms with Gasteiger partial charge in [0, 0.05) is 57.4 Å². The number of aryl methyl sites for hydroxylation is 3. The smallest absolute Gasteiger partial charge is 0.224 e. The highest BCUT2D eigenvalue weighted by Crippen LogP contribution is 2.20. The molecule has 1 aromatic rings. The van der Waals surface area contributed by atoms with Crippen LogP contribution < -0.4 is 0 Å². The lowest BCUT2D eigenvalue weighted by Crippen LogP contribution is -2.44. The first-order valence-electron chi connectivity index (χ1n) is 10.8. The number of hydrogen-bond donors (Lipinski definition) is 0. The molecule has 3 rings (SSSR count). The molecule has 170 valence electrons. The molecule has 0 saturated carbocycles. The Morgan fingerprint density at radius 2 is 1.97 bits per heavy atom. The van der Waals surface area contributed by atoms with Gasteiger partial charge in [0.1, 0.15) is 0 Å². The number of carbonyl (C=O) groups excluding carboxylic acids is 1. The van der Waals surface area contributed by atoms with Crippen molar-refractivity contribution in [2.75, 3.05) is 58.7 Å². The lowest BCUT2D eigenvalue weighted by Gasteiger charge is -2.30. The van der Waals surface area contributed by atoms with Crippen LogP contribution in [0.15, 0.2) is 6.07 Å². The molecule has 9 nitrogen and oxygen atoms in total. The molecule has 1 unspecified atom stereocenters. The quantitative estimate of drug-likeness (QED) is 0.554. The van der Waals surface area contributed by atoms with E-state index in [-0.39, 0.29) is 11.9 Å². The molecule has 0 aromatic carbocycles. The van der Waals surface area contributed by atoms with E-state index in [4.69, 9.17) is 4.74 Å². The summed E-state index contributed by atoms with van der Waals surface area (Å²) < 4.78 is 33.6. The van der Waals surface area contributed by atoms with Crippen molar-refractivity contribution in [1.29, 1.82) is 0 Å². The topological polar surface area (TPSA) is 88.0 Å². The van der Waals surface area contributed by atoms with Crippen LogP contribution in [0.2, 0.25) is 0 Å². The molecule has 2 saturated heterocycles. The van der Waals surface area contributed by atoms with Gasteiger partial charge in [-0.1, -0.05) is 0 Å². The zero-order valence-electron chi connectivity index (χ0n) is 18.4. The summed E-state index contributed by atoms with van der Waals surface area (Å²) in [6.45, 7) is 10.2. The third-order valence-corrected chi connectivity index (χ3v) is 7.28. The SMILES string of the molecule is Cc1cc(C)n(CCC(=O)N2CCC(N(CCCN3CCOCC3)S(C)(=O)=O)C2)n1. The zero-order valence-corrected chi connectivity index (χ0v) is 19.2. The second kappa shape index (κ2) is 10.2. The summed E-state index contributed by atoms with van der Waals surface area (Å²) in [5.41, 5.74) is 1.99. The number of carbonyl (C=O) groups is 1. The van der Waals surface area contributed by atoms with Crippen LogP contribution in [0.4, 0.5) is 0 Å². The third-order valence-electron chi connectivity index (χ3n) is 5.95. The summed E-state index contributed by atoms with van der Waals surface area (Å²) in [4.78, 5) is 16.8. The van der Waals surface area contributed by atoms with E-state index >= 15 is 0 Å². The third kappa shape index (κ3) is 6.26. The molecular formula is C20H35N5O4S. The summed E-state index contributed by atoms with van der Waals surface area (Å²) in [7, 11) is -3.32. The molecule has 2 aliphatic rings. The van der Waals surface area contributed by atoms with Crippen LogP contribution >= 0.6 is 0 Å². The standard InChI is InChI=1S/C20H35N5O4S/c1-17-15-18(2)24(21-17)10-6-20(26)23-9-5-19(16-23)25(30(3,27)28)8-4-7-22-11-13-29-14-12-22/h15,19H,4-14,16H2,1-3H3. The van der Waals surface area contributed by atoms with Gasteiger partial charge in [-0.25, -0.2) is 8.42 Å². The van der Waals surface area contributed by atoms with Crippen LogP contribution in [0.1, 0.15) is 30.7 Å². The molecule has 30 heavy (non-hydrogen) atoms. The number of sulfonamides is 1. The molecule has 2 fully saturated rings. The fourth-order valence-corrected chi connectivity index (χ4v) is 5.53. The maximum atomic E-state index is 12.7. The number of rotatable bonds is 9. The van der Waals surface area contributed by atoms with E-state index in [0.29, 0.717) is 39.0 Å². The second-order valence-electron chi connectivity index (χ2n) is 8.36. The molecule has 0 aliphatic carbocycles. The first kappa shape index (κ1) is 23.2. The number of ether oxygens (including phenoxy) is 1. The number of nitrogens with zero attached hydrogens (tertiary/aromatic N) is 5. The normalized spacial score (nSPS) is 20.9. The summed E-state index contributed by atoms with van der Waals surface area (Å²) in [5.74, 6) is 0.0619. The Kier molecular flexibility index (Phi) is 7.89. The van der Waals surface area contributed by atoms with E-state index in [1.165, 1.54) is 6.26 Å². The van der Waals surface area contributed by atoms with Crippen LogP contribution in [0, 0.1) is 13.8 Å². The fourth-order valence-electron chi connectivity index (χ4n) is 4.36. The van der Waals surface area contributed by atoms with Gasteiger partial charge < -0.3 is 9.64 Å². The second-order valence-corrected chi connectivity index (χ2v) is 10.3. The molecule has 1 atom stereocenters. The summed E-state index contributed by atoms with van der Waals surface area (Å²) >= 11 is 0. The van der Waals surface area contributed by atoms with Crippen LogP contribution in [0.5, 0.6) is 0 Å². The maximum Gasteiger partial charge on any atom is 0.224 e. The Hall–Kier alpha value is -1.49. The van der Waals surface area contributed by atoms with E-state index in [1.807, 2.05) is 24.6 Å². The van der Waals surface area contributed by atoms with Crippen molar-refractivity contribution >= 4 is 15.9 Å². The van der Waals surface area contributed by atoms with E-state index in [0.717, 1.165) is 50.7 Å². The zero-order chi connectivity index (χ0) is 21.7. The van der Waals surface area contributed by atoms with E-state index in [1.54, 1.807) is 9.21 Å². The Labute approximate surface area is 180 Å². The minimum atomic E-state index is -3.32. The molecule has 1 aromatic heterocycles. The van der Waals surface area contributed by atoms with Gasteiger partial charge in [0.05, 0.1) is 25.2 Å². The number of aromatic nitrogens is 2. The molecule has 0 spiro atoms. The number of likely N-dealkylation sites (tertiary alicyclic amines) is 1. The largest absolute Gasteiger partial charge is 0.379 e. The Morgan fingerprint density at radius 1 is 1.23 bits per heavy atom. The first-order chi connectivity index (χ1) is 14.2. The lowest BCUT2D eigenvalue weighted by molar-refractivity contribution is -0.130. The van der Waals surface area contributed by atoms with Crippen molar-refractivity contribution in [2.45, 2.75) is 45.7 Å². The van der Waals surface area contributed by atoms with Crippen LogP contribution in [0.3, 0.4) is 0 Å². The van der Waals surface area contributed by atoms with Gasteiger partial charge in [-0.15, -0.1) is 0 Å². The van der Waals surface area contributed by atoms with E-state index in [2.05, 4.69) is 10.00 Å². The minimum Gasteiger partial charge on any atom is -0.379 e. The molecule has 0 bridgehead atoms. The van der Waals surface area contributed by atoms with Crippen LogP contribution in [0.25, 0.3) is 0 Å². The average Bonchev–Trinajstić information content (AvgIpc) is 3.29. The first-order valence-corrected chi connectivity index (χ1v) is 12.6. The van der Waals surface area contributed by atoms with Gasteiger partial charge in [0.15, 0.2) is 0 Å². The van der Waals surface area contributed by atoms with E-state index in [9.17, 15) is 13.2 Å². The highest BCUT2D eigenvalue weighted by atomic mass is 32.2. The predicted octanol–water partition coefficient (Wildman–Crippen LogP) is 0.475. The summed E-state index contributed by atoms with van der Waals surface area (Å²) in [6.07, 6.45) is 3.13. The van der Waals surface area contributed by atoms with Crippen molar-refractivity contribution < 1.29 is 17.9 Å². The Bertz CT molecular complexity index is 819. The summed E-state index contributed by atoms with van der Waals surface area (Å²) in [5, 5.41) is 4.40. The van der Waals surface area contributed by atoms with Gasteiger partial charge >= 0.3 is 0 Å². The molecule has 1 amide bonds. The minimum absolute atomic E-state index is 0.0619. The predicted molar refractivity (Wildman–Crippen MR) is 115 cm³/mol. The van der Waals surface area contributed by atoms with Crippen LogP contribution in [-0.4, -0.2) is 103 Å². The Balaban J connectivity index is 1.49. The van der Waals surface area contributed by atoms with Gasteiger partial charge in [-0.3, -0.25) is 14.4 Å². The lowest BCUT2D eigenvalue weighted by atomic mass is 10.2. The van der Waals surface area contributed by atoms with Crippen molar-refractivity contribution in [1.82, 2.24) is 23.9 Å². The van der Waals surface area contributed by atoms with Gasteiger partial charge in [0.2, 0.25) is 15.9 Å². The molecule has 0 radical (unpaired) electrons. The molecule has 2 aliphatic heterocycles. The van der Waals surface area contributed by atoms with Crippen molar-refractivity contribution in [3.8, 4) is 0 Å². The number of hydrogen-bond acceptors (Lipinski definition) is 6. The molecule has 0 N–H and O–H groups in total.